The van der Waals surface area contributed by atoms with Gasteiger partial charge in [-0.3, -0.25) is 4.79 Å². The number of para-hydroxylation sites is 1. The van der Waals surface area contributed by atoms with E-state index in [1.165, 1.54) is 16.6 Å². The summed E-state index contributed by atoms with van der Waals surface area (Å²) < 4.78 is 10.7. The van der Waals surface area contributed by atoms with Crippen LogP contribution in [-0.4, -0.2) is 41.1 Å². The first-order chi connectivity index (χ1) is 14.7. The molecule has 5 rings (SSSR count). The van der Waals surface area contributed by atoms with Crippen molar-refractivity contribution in [3.8, 4) is 17.1 Å². The predicted octanol–water partition coefficient (Wildman–Crippen LogP) is 4.85. The van der Waals surface area contributed by atoms with Gasteiger partial charge >= 0.3 is 0 Å². The minimum absolute atomic E-state index is 0.0806. The van der Waals surface area contributed by atoms with Crippen molar-refractivity contribution in [3.63, 3.8) is 0 Å². The molecule has 6 heteroatoms. The van der Waals surface area contributed by atoms with Gasteiger partial charge in [-0.1, -0.05) is 35.5 Å². The Morgan fingerprint density at radius 3 is 2.73 bits per heavy atom. The van der Waals surface area contributed by atoms with Crippen LogP contribution in [0.1, 0.15) is 34.9 Å². The van der Waals surface area contributed by atoms with E-state index in [9.17, 15) is 4.79 Å². The first-order valence-electron chi connectivity index (χ1n) is 10.2. The van der Waals surface area contributed by atoms with E-state index in [0.29, 0.717) is 30.5 Å². The molecular weight excluding hydrogens is 378 g/mol. The highest BCUT2D eigenvalue weighted by molar-refractivity contribution is 5.93. The number of piperidine rings is 1. The Balaban J connectivity index is 1.26. The van der Waals surface area contributed by atoms with Crippen LogP contribution in [0.4, 0.5) is 0 Å². The molecule has 0 radical (unpaired) electrons. The quantitative estimate of drug-likeness (QED) is 0.531. The van der Waals surface area contributed by atoms with Crippen molar-refractivity contribution in [2.45, 2.75) is 18.8 Å². The highest BCUT2D eigenvalue weighted by Gasteiger charge is 2.27. The molecule has 0 spiro atoms. The van der Waals surface area contributed by atoms with E-state index in [0.717, 1.165) is 24.2 Å². The Bertz CT molecular complexity index is 1150. The van der Waals surface area contributed by atoms with E-state index < -0.39 is 0 Å². The van der Waals surface area contributed by atoms with E-state index in [2.05, 4.69) is 34.4 Å². The van der Waals surface area contributed by atoms with Crippen molar-refractivity contribution >= 4 is 16.8 Å². The number of ether oxygens (including phenoxy) is 1. The number of carbonyl (C=O) groups excluding carboxylic acids is 1. The van der Waals surface area contributed by atoms with Crippen molar-refractivity contribution in [2.75, 3.05) is 20.2 Å². The molecule has 30 heavy (non-hydrogen) atoms. The van der Waals surface area contributed by atoms with Gasteiger partial charge in [-0.05, 0) is 42.5 Å². The van der Waals surface area contributed by atoms with E-state index in [4.69, 9.17) is 9.26 Å². The van der Waals surface area contributed by atoms with Gasteiger partial charge in [-0.25, -0.2) is 0 Å². The third-order valence-corrected chi connectivity index (χ3v) is 5.86. The molecule has 0 aliphatic carbocycles. The van der Waals surface area contributed by atoms with Crippen LogP contribution >= 0.6 is 0 Å². The molecule has 1 aliphatic heterocycles. The first-order valence-corrected chi connectivity index (χ1v) is 10.2. The van der Waals surface area contributed by atoms with Gasteiger partial charge in [0.15, 0.2) is 11.5 Å². The zero-order chi connectivity index (χ0) is 20.5. The Kier molecular flexibility index (Phi) is 4.75. The first kappa shape index (κ1) is 18.5. The fourth-order valence-electron chi connectivity index (χ4n) is 4.16. The average molecular weight is 401 g/mol. The molecule has 1 amide bonds. The summed E-state index contributed by atoms with van der Waals surface area (Å²) in [5, 5.41) is 5.25. The number of amides is 1. The molecule has 2 aromatic heterocycles. The van der Waals surface area contributed by atoms with Crippen LogP contribution in [0.3, 0.4) is 0 Å². The molecule has 2 aromatic carbocycles. The molecule has 0 atom stereocenters. The number of nitrogens with zero attached hydrogens (tertiary/aromatic N) is 2. The largest absolute Gasteiger partial charge is 0.497 e. The van der Waals surface area contributed by atoms with Crippen molar-refractivity contribution in [1.82, 2.24) is 15.0 Å². The lowest BCUT2D eigenvalue weighted by molar-refractivity contribution is 0.0702. The number of aromatic amines is 1. The van der Waals surface area contributed by atoms with Gasteiger partial charge < -0.3 is 19.1 Å². The number of benzene rings is 2. The normalized spacial score (nSPS) is 14.9. The number of hydrogen-bond donors (Lipinski definition) is 1. The summed E-state index contributed by atoms with van der Waals surface area (Å²) in [6.07, 6.45) is 1.86. The van der Waals surface area contributed by atoms with Gasteiger partial charge in [0.2, 0.25) is 0 Å². The minimum atomic E-state index is -0.0806. The Morgan fingerprint density at radius 1 is 1.10 bits per heavy atom. The number of hydrogen-bond acceptors (Lipinski definition) is 4. The highest BCUT2D eigenvalue weighted by Crippen LogP contribution is 2.31. The van der Waals surface area contributed by atoms with Crippen LogP contribution in [0.5, 0.6) is 5.75 Å². The van der Waals surface area contributed by atoms with Crippen molar-refractivity contribution < 1.29 is 14.1 Å². The van der Waals surface area contributed by atoms with Crippen molar-refractivity contribution in [3.05, 3.63) is 72.1 Å². The third-order valence-electron chi connectivity index (χ3n) is 5.86. The monoisotopic (exact) mass is 401 g/mol. The molecule has 3 heterocycles. The summed E-state index contributed by atoms with van der Waals surface area (Å²) in [6, 6.07) is 19.8. The van der Waals surface area contributed by atoms with Crippen LogP contribution < -0.4 is 4.74 Å². The maximum Gasteiger partial charge on any atom is 0.276 e. The minimum Gasteiger partial charge on any atom is -0.497 e. The second-order valence-corrected chi connectivity index (χ2v) is 7.69. The van der Waals surface area contributed by atoms with Gasteiger partial charge in [-0.2, -0.15) is 0 Å². The fourth-order valence-corrected chi connectivity index (χ4v) is 4.16. The number of fused-ring (bicyclic) bond motifs is 1. The summed E-state index contributed by atoms with van der Waals surface area (Å²) in [4.78, 5) is 18.3. The summed E-state index contributed by atoms with van der Waals surface area (Å²) in [5.74, 6) is 1.65. The van der Waals surface area contributed by atoms with E-state index >= 15 is 0 Å². The van der Waals surface area contributed by atoms with Gasteiger partial charge in [0.1, 0.15) is 5.75 Å². The molecule has 1 fully saturated rings. The van der Waals surface area contributed by atoms with Crippen molar-refractivity contribution in [2.24, 2.45) is 0 Å². The smallest absolute Gasteiger partial charge is 0.276 e. The highest BCUT2D eigenvalue weighted by atomic mass is 16.5. The predicted molar refractivity (Wildman–Crippen MR) is 115 cm³/mol. The Labute approximate surface area is 174 Å². The third kappa shape index (κ3) is 3.45. The zero-order valence-electron chi connectivity index (χ0n) is 16.8. The molecule has 4 aromatic rings. The SMILES string of the molecule is COc1cccc(-c2cc(C(=O)N3CCC(c4cc5ccccc5[nH]4)CC3)no2)c1. The number of carbonyl (C=O) groups is 1. The lowest BCUT2D eigenvalue weighted by Crippen LogP contribution is -2.38. The summed E-state index contributed by atoms with van der Waals surface area (Å²) >= 11 is 0. The number of methoxy groups -OCH3 is 1. The number of likely N-dealkylation sites (tertiary alicyclic amines) is 1. The molecular formula is C24H23N3O3. The molecule has 0 saturated carbocycles. The second-order valence-electron chi connectivity index (χ2n) is 7.69. The molecule has 1 saturated heterocycles. The second kappa shape index (κ2) is 7.71. The van der Waals surface area contributed by atoms with Crippen LogP contribution in [0.25, 0.3) is 22.2 Å². The van der Waals surface area contributed by atoms with Gasteiger partial charge in [0.05, 0.1) is 7.11 Å². The average Bonchev–Trinajstić information content (AvgIpc) is 3.46. The molecule has 6 nitrogen and oxygen atoms in total. The molecule has 0 unspecified atom stereocenters. The van der Waals surface area contributed by atoms with E-state index in [-0.39, 0.29) is 5.91 Å². The van der Waals surface area contributed by atoms with Gasteiger partial charge in [-0.15, -0.1) is 0 Å². The number of rotatable bonds is 4. The van der Waals surface area contributed by atoms with Crippen molar-refractivity contribution in [1.29, 1.82) is 0 Å². The molecule has 152 valence electrons. The van der Waals surface area contributed by atoms with Crippen LogP contribution in [0.15, 0.2) is 65.2 Å². The number of nitrogens with one attached hydrogen (secondary N) is 1. The lowest BCUT2D eigenvalue weighted by atomic mass is 9.93. The molecule has 1 N–H and O–H groups in total. The topological polar surface area (TPSA) is 71.4 Å². The Morgan fingerprint density at radius 2 is 1.93 bits per heavy atom. The maximum atomic E-state index is 12.9. The number of H-pyrrole nitrogens is 1. The molecule has 1 aliphatic rings. The fraction of sp³-hybridized carbons (Fsp3) is 0.250. The maximum absolute atomic E-state index is 12.9. The van der Waals surface area contributed by atoms with Gasteiger partial charge in [0, 0.05) is 41.8 Å². The van der Waals surface area contributed by atoms with E-state index in [1.807, 2.05) is 35.2 Å². The summed E-state index contributed by atoms with van der Waals surface area (Å²) in [6.45, 7) is 1.42. The van der Waals surface area contributed by atoms with Crippen LogP contribution in [0.2, 0.25) is 0 Å². The zero-order valence-corrected chi connectivity index (χ0v) is 16.8. The number of aromatic nitrogens is 2. The molecule has 0 bridgehead atoms. The van der Waals surface area contributed by atoms with E-state index in [1.54, 1.807) is 13.2 Å². The standard InChI is InChI=1S/C24H23N3O3/c1-29-19-7-4-6-18(13-19)23-15-22(26-30-23)24(28)27-11-9-16(10-12-27)21-14-17-5-2-3-8-20(17)25-21/h2-8,13-16,25H,9-12H2,1H3. The van der Waals surface area contributed by atoms with Crippen LogP contribution in [-0.2, 0) is 0 Å². The summed E-state index contributed by atoms with van der Waals surface area (Å²) in [5.41, 5.74) is 3.60. The summed E-state index contributed by atoms with van der Waals surface area (Å²) in [7, 11) is 1.62. The van der Waals surface area contributed by atoms with Gasteiger partial charge in [0.25, 0.3) is 5.91 Å². The Hall–Kier alpha value is -3.54. The lowest BCUT2D eigenvalue weighted by Gasteiger charge is -2.31. The van der Waals surface area contributed by atoms with Crippen LogP contribution in [0, 0.1) is 0 Å².